The van der Waals surface area contributed by atoms with Crippen molar-refractivity contribution in [3.05, 3.63) is 29.3 Å². The van der Waals surface area contributed by atoms with Gasteiger partial charge in [-0.1, -0.05) is 6.92 Å². The Kier molecular flexibility index (Phi) is 3.74. The summed E-state index contributed by atoms with van der Waals surface area (Å²) < 4.78 is 0. The molecule has 0 spiro atoms. The summed E-state index contributed by atoms with van der Waals surface area (Å²) in [6.45, 7) is 3.86. The fourth-order valence-electron chi connectivity index (χ4n) is 2.31. The lowest BCUT2D eigenvalue weighted by molar-refractivity contribution is 0.0696. The van der Waals surface area contributed by atoms with E-state index in [-0.39, 0.29) is 11.1 Å². The molecule has 1 aliphatic heterocycles. The minimum Gasteiger partial charge on any atom is -0.478 e. The van der Waals surface area contributed by atoms with Gasteiger partial charge >= 0.3 is 11.9 Å². The number of hydrogen-bond acceptors (Lipinski definition) is 3. The van der Waals surface area contributed by atoms with Crippen LogP contribution in [0.1, 0.15) is 40.5 Å². The van der Waals surface area contributed by atoms with Crippen molar-refractivity contribution >= 4 is 17.6 Å². The molecule has 1 aromatic carbocycles. The van der Waals surface area contributed by atoms with E-state index < -0.39 is 11.9 Å². The molecule has 0 saturated carbocycles. The van der Waals surface area contributed by atoms with Crippen molar-refractivity contribution in [1.29, 1.82) is 0 Å². The highest BCUT2D eigenvalue weighted by atomic mass is 16.4. The molecule has 0 atom stereocenters. The molecule has 2 N–H and O–H groups in total. The second-order valence-electron chi connectivity index (χ2n) is 5.05. The topological polar surface area (TPSA) is 77.8 Å². The lowest BCUT2D eigenvalue weighted by Gasteiger charge is -2.32. The number of nitrogens with zero attached hydrogens (tertiary/aromatic N) is 1. The van der Waals surface area contributed by atoms with Gasteiger partial charge in [-0.3, -0.25) is 0 Å². The minimum absolute atomic E-state index is 0.0218. The van der Waals surface area contributed by atoms with Gasteiger partial charge in [-0.15, -0.1) is 0 Å². The van der Waals surface area contributed by atoms with Crippen LogP contribution in [0.5, 0.6) is 0 Å². The van der Waals surface area contributed by atoms with E-state index in [4.69, 9.17) is 10.2 Å². The van der Waals surface area contributed by atoms with Crippen LogP contribution in [0.2, 0.25) is 0 Å². The Labute approximate surface area is 111 Å². The summed E-state index contributed by atoms with van der Waals surface area (Å²) in [5.74, 6) is -1.54. The first-order chi connectivity index (χ1) is 8.97. The van der Waals surface area contributed by atoms with Crippen LogP contribution in [-0.2, 0) is 0 Å². The van der Waals surface area contributed by atoms with Gasteiger partial charge in [0.2, 0.25) is 0 Å². The molecule has 1 heterocycles. The molecule has 0 aliphatic carbocycles. The summed E-state index contributed by atoms with van der Waals surface area (Å²) in [4.78, 5) is 24.2. The molecule has 0 aromatic heterocycles. The number of hydrogen-bond donors (Lipinski definition) is 2. The van der Waals surface area contributed by atoms with Crippen molar-refractivity contribution in [1.82, 2.24) is 0 Å². The third-order valence-corrected chi connectivity index (χ3v) is 3.56. The van der Waals surface area contributed by atoms with Crippen molar-refractivity contribution in [2.24, 2.45) is 5.92 Å². The molecule has 1 fully saturated rings. The molecule has 5 nitrogen and oxygen atoms in total. The molecule has 0 radical (unpaired) electrons. The van der Waals surface area contributed by atoms with Crippen LogP contribution in [0.25, 0.3) is 0 Å². The van der Waals surface area contributed by atoms with Crippen molar-refractivity contribution in [3.63, 3.8) is 0 Å². The highest BCUT2D eigenvalue weighted by Gasteiger charge is 2.19. The Morgan fingerprint density at radius 3 is 1.95 bits per heavy atom. The Bertz CT molecular complexity index is 472. The van der Waals surface area contributed by atoms with E-state index in [0.29, 0.717) is 11.6 Å². The second-order valence-corrected chi connectivity index (χ2v) is 5.05. The average molecular weight is 263 g/mol. The maximum Gasteiger partial charge on any atom is 0.335 e. The maximum absolute atomic E-state index is 11.1. The van der Waals surface area contributed by atoms with E-state index in [9.17, 15) is 9.59 Å². The summed E-state index contributed by atoms with van der Waals surface area (Å²) in [6, 6.07) is 4.29. The zero-order valence-electron chi connectivity index (χ0n) is 10.8. The molecule has 1 aromatic rings. The van der Waals surface area contributed by atoms with Crippen LogP contribution in [0, 0.1) is 5.92 Å². The van der Waals surface area contributed by atoms with Gasteiger partial charge < -0.3 is 15.1 Å². The summed E-state index contributed by atoms with van der Waals surface area (Å²) >= 11 is 0. The van der Waals surface area contributed by atoms with Crippen LogP contribution in [0.3, 0.4) is 0 Å². The maximum atomic E-state index is 11.1. The Morgan fingerprint density at radius 2 is 1.53 bits per heavy atom. The largest absolute Gasteiger partial charge is 0.478 e. The number of rotatable bonds is 3. The van der Waals surface area contributed by atoms with Gasteiger partial charge in [0, 0.05) is 18.8 Å². The molecule has 102 valence electrons. The SMILES string of the molecule is CC1CCN(c2cc(C(=O)O)cc(C(=O)O)c2)CC1. The van der Waals surface area contributed by atoms with Crippen LogP contribution in [-0.4, -0.2) is 35.2 Å². The van der Waals surface area contributed by atoms with Crippen LogP contribution >= 0.6 is 0 Å². The molecular formula is C14H17NO4. The van der Waals surface area contributed by atoms with E-state index in [1.54, 1.807) is 12.1 Å². The molecular weight excluding hydrogens is 246 g/mol. The lowest BCUT2D eigenvalue weighted by Crippen LogP contribution is -2.33. The van der Waals surface area contributed by atoms with Gasteiger partial charge in [-0.25, -0.2) is 9.59 Å². The molecule has 0 bridgehead atoms. The molecule has 1 saturated heterocycles. The second kappa shape index (κ2) is 5.30. The molecule has 1 aliphatic rings. The van der Waals surface area contributed by atoms with Gasteiger partial charge in [0.1, 0.15) is 0 Å². The van der Waals surface area contributed by atoms with Crippen molar-refractivity contribution in [3.8, 4) is 0 Å². The fraction of sp³-hybridized carbons (Fsp3) is 0.429. The molecule has 2 rings (SSSR count). The van der Waals surface area contributed by atoms with Gasteiger partial charge in [-0.05, 0) is 37.0 Å². The van der Waals surface area contributed by atoms with E-state index in [1.165, 1.54) is 6.07 Å². The normalized spacial score (nSPS) is 16.4. The van der Waals surface area contributed by atoms with Crippen LogP contribution in [0.4, 0.5) is 5.69 Å². The number of aromatic carboxylic acids is 2. The third-order valence-electron chi connectivity index (χ3n) is 3.56. The smallest absolute Gasteiger partial charge is 0.335 e. The van der Waals surface area contributed by atoms with Crippen molar-refractivity contribution in [2.45, 2.75) is 19.8 Å². The third kappa shape index (κ3) is 3.05. The minimum atomic E-state index is -1.10. The molecule has 0 unspecified atom stereocenters. The number of carboxylic acids is 2. The molecule has 19 heavy (non-hydrogen) atoms. The van der Waals surface area contributed by atoms with Gasteiger partial charge in [-0.2, -0.15) is 0 Å². The van der Waals surface area contributed by atoms with E-state index in [2.05, 4.69) is 11.8 Å². The highest BCUT2D eigenvalue weighted by Crippen LogP contribution is 2.25. The number of carbonyl (C=O) groups is 2. The number of piperidine rings is 1. The summed E-state index contributed by atoms with van der Waals surface area (Å²) in [6.07, 6.45) is 2.08. The Morgan fingerprint density at radius 1 is 1.05 bits per heavy atom. The Balaban J connectivity index is 2.33. The zero-order valence-corrected chi connectivity index (χ0v) is 10.8. The summed E-state index contributed by atoms with van der Waals surface area (Å²) in [7, 11) is 0. The van der Waals surface area contributed by atoms with E-state index >= 15 is 0 Å². The number of benzene rings is 1. The summed E-state index contributed by atoms with van der Waals surface area (Å²) in [5, 5.41) is 18.1. The predicted molar refractivity (Wildman–Crippen MR) is 71.0 cm³/mol. The van der Waals surface area contributed by atoms with E-state index in [0.717, 1.165) is 25.9 Å². The fourth-order valence-corrected chi connectivity index (χ4v) is 2.31. The highest BCUT2D eigenvalue weighted by molar-refractivity contribution is 5.95. The zero-order chi connectivity index (χ0) is 14.0. The number of anilines is 1. The van der Waals surface area contributed by atoms with Gasteiger partial charge in [0.25, 0.3) is 0 Å². The quantitative estimate of drug-likeness (QED) is 0.875. The first-order valence-corrected chi connectivity index (χ1v) is 6.34. The van der Waals surface area contributed by atoms with E-state index in [1.807, 2.05) is 0 Å². The van der Waals surface area contributed by atoms with Gasteiger partial charge in [0.05, 0.1) is 11.1 Å². The number of carboxylic acid groups (broad SMARTS) is 2. The first kappa shape index (κ1) is 13.4. The monoisotopic (exact) mass is 263 g/mol. The average Bonchev–Trinajstić information content (AvgIpc) is 2.39. The van der Waals surface area contributed by atoms with Gasteiger partial charge in [0.15, 0.2) is 0 Å². The van der Waals surface area contributed by atoms with Crippen LogP contribution in [0.15, 0.2) is 18.2 Å². The van der Waals surface area contributed by atoms with Crippen LogP contribution < -0.4 is 4.90 Å². The van der Waals surface area contributed by atoms with Crippen molar-refractivity contribution in [2.75, 3.05) is 18.0 Å². The molecule has 5 heteroatoms. The summed E-state index contributed by atoms with van der Waals surface area (Å²) in [5.41, 5.74) is 0.728. The standard InChI is InChI=1S/C14H17NO4/c1-9-2-4-15(5-3-9)12-7-10(13(16)17)6-11(8-12)14(18)19/h6-9H,2-5H2,1H3,(H,16,17)(H,18,19). The lowest BCUT2D eigenvalue weighted by atomic mass is 9.98. The van der Waals surface area contributed by atoms with Crippen molar-refractivity contribution < 1.29 is 19.8 Å². The first-order valence-electron chi connectivity index (χ1n) is 6.34. The Hall–Kier alpha value is -2.04. The molecule has 0 amide bonds. The predicted octanol–water partition coefficient (Wildman–Crippen LogP) is 2.32.